The fourth-order valence-electron chi connectivity index (χ4n) is 3.52. The van der Waals surface area contributed by atoms with Crippen molar-refractivity contribution in [1.29, 1.82) is 0 Å². The molecule has 0 radical (unpaired) electrons. The third kappa shape index (κ3) is 4.22. The molecule has 1 aliphatic rings. The van der Waals surface area contributed by atoms with Crippen LogP contribution in [-0.4, -0.2) is 62.3 Å². The second kappa shape index (κ2) is 7.85. The quantitative estimate of drug-likeness (QED) is 0.855. The molecular formula is C18H29N3O3S. The predicted octanol–water partition coefficient (Wildman–Crippen LogP) is 1.44. The first kappa shape index (κ1) is 19.9. The summed E-state index contributed by atoms with van der Waals surface area (Å²) in [7, 11) is -3.51. The van der Waals surface area contributed by atoms with Crippen molar-refractivity contribution >= 4 is 15.9 Å². The summed E-state index contributed by atoms with van der Waals surface area (Å²) in [5, 5.41) is 2.82. The molecule has 0 bridgehead atoms. The number of carbonyl (C=O) groups excluding carboxylic acids is 1. The van der Waals surface area contributed by atoms with E-state index >= 15 is 0 Å². The standard InChI is InChI=1S/C18H29N3O3S/c1-6-19-18(22)16(5)20-7-9-21(10-8-20)25(23,24)17-14(3)11-13(2)12-15(17)4/h11-12,16H,6-10H2,1-5H3,(H,19,22)/t16-/m0/s1. The lowest BCUT2D eigenvalue weighted by atomic mass is 10.1. The van der Waals surface area contributed by atoms with Crippen molar-refractivity contribution in [3.8, 4) is 0 Å². The number of carbonyl (C=O) groups is 1. The number of aryl methyl sites for hydroxylation is 3. The van der Waals surface area contributed by atoms with E-state index < -0.39 is 10.0 Å². The minimum Gasteiger partial charge on any atom is -0.355 e. The number of benzene rings is 1. The molecule has 1 heterocycles. The molecule has 1 aromatic rings. The Balaban J connectivity index is 2.13. The lowest BCUT2D eigenvalue weighted by Gasteiger charge is -2.37. The second-order valence-corrected chi connectivity index (χ2v) is 8.61. The normalized spacial score (nSPS) is 18.1. The summed E-state index contributed by atoms with van der Waals surface area (Å²) in [6, 6.07) is 3.58. The van der Waals surface area contributed by atoms with Gasteiger partial charge in [-0.1, -0.05) is 17.7 Å². The zero-order chi connectivity index (χ0) is 18.8. The average Bonchev–Trinajstić information content (AvgIpc) is 2.53. The minimum atomic E-state index is -3.51. The monoisotopic (exact) mass is 367 g/mol. The first-order valence-electron chi connectivity index (χ1n) is 8.78. The molecule has 1 fully saturated rings. The SMILES string of the molecule is CCNC(=O)[C@H](C)N1CCN(S(=O)(=O)c2c(C)cc(C)cc2C)CC1. The molecule has 0 unspecified atom stereocenters. The minimum absolute atomic E-state index is 0.0102. The Morgan fingerprint density at radius 1 is 1.12 bits per heavy atom. The molecule has 0 spiro atoms. The number of sulfonamides is 1. The first-order valence-corrected chi connectivity index (χ1v) is 10.2. The highest BCUT2D eigenvalue weighted by Crippen LogP contribution is 2.26. The van der Waals surface area contributed by atoms with Gasteiger partial charge in [-0.3, -0.25) is 9.69 Å². The number of amides is 1. The molecule has 1 saturated heterocycles. The molecule has 6 nitrogen and oxygen atoms in total. The highest BCUT2D eigenvalue weighted by Gasteiger charge is 2.33. The predicted molar refractivity (Wildman–Crippen MR) is 99.1 cm³/mol. The van der Waals surface area contributed by atoms with Gasteiger partial charge >= 0.3 is 0 Å². The largest absolute Gasteiger partial charge is 0.355 e. The number of hydrogen-bond acceptors (Lipinski definition) is 4. The Hall–Kier alpha value is -1.44. The van der Waals surface area contributed by atoms with E-state index in [0.717, 1.165) is 16.7 Å². The van der Waals surface area contributed by atoms with Gasteiger partial charge in [0.25, 0.3) is 0 Å². The third-order valence-corrected chi connectivity index (χ3v) is 6.96. The van der Waals surface area contributed by atoms with E-state index in [4.69, 9.17) is 0 Å². The van der Waals surface area contributed by atoms with Crippen molar-refractivity contribution in [2.45, 2.75) is 45.6 Å². The number of nitrogens with zero attached hydrogens (tertiary/aromatic N) is 2. The maximum Gasteiger partial charge on any atom is 0.243 e. The maximum atomic E-state index is 13.1. The Bertz CT molecular complexity index is 715. The number of hydrogen-bond donors (Lipinski definition) is 1. The molecule has 2 rings (SSSR count). The summed E-state index contributed by atoms with van der Waals surface area (Å²) in [6.45, 7) is 11.9. The summed E-state index contributed by atoms with van der Waals surface area (Å²) >= 11 is 0. The van der Waals surface area contributed by atoms with Crippen molar-refractivity contribution in [3.63, 3.8) is 0 Å². The van der Waals surface area contributed by atoms with Gasteiger partial charge in [0, 0.05) is 32.7 Å². The summed E-state index contributed by atoms with van der Waals surface area (Å²) < 4.78 is 27.7. The highest BCUT2D eigenvalue weighted by molar-refractivity contribution is 7.89. The van der Waals surface area contributed by atoms with Gasteiger partial charge in [-0.05, 0) is 45.7 Å². The van der Waals surface area contributed by atoms with Gasteiger partial charge in [0.15, 0.2) is 0 Å². The van der Waals surface area contributed by atoms with Crippen LogP contribution in [0.2, 0.25) is 0 Å². The Morgan fingerprint density at radius 3 is 2.12 bits per heavy atom. The van der Waals surface area contributed by atoms with E-state index in [0.29, 0.717) is 37.6 Å². The zero-order valence-corrected chi connectivity index (χ0v) is 16.6. The van der Waals surface area contributed by atoms with Crippen molar-refractivity contribution in [2.75, 3.05) is 32.7 Å². The van der Waals surface area contributed by atoms with E-state index in [1.54, 1.807) is 4.31 Å². The van der Waals surface area contributed by atoms with Gasteiger partial charge in [-0.15, -0.1) is 0 Å². The van der Waals surface area contributed by atoms with Crippen LogP contribution in [0.25, 0.3) is 0 Å². The van der Waals surface area contributed by atoms with E-state index in [1.165, 1.54) is 0 Å². The third-order valence-electron chi connectivity index (χ3n) is 4.75. The Morgan fingerprint density at radius 2 is 1.64 bits per heavy atom. The van der Waals surface area contributed by atoms with Gasteiger partial charge < -0.3 is 5.32 Å². The molecule has 0 aliphatic carbocycles. The van der Waals surface area contributed by atoms with Crippen molar-refractivity contribution in [3.05, 3.63) is 28.8 Å². The van der Waals surface area contributed by atoms with Crippen molar-refractivity contribution in [1.82, 2.24) is 14.5 Å². The molecule has 7 heteroatoms. The number of nitrogens with one attached hydrogen (secondary N) is 1. The lowest BCUT2D eigenvalue weighted by molar-refractivity contribution is -0.126. The molecule has 1 N–H and O–H groups in total. The summed E-state index contributed by atoms with van der Waals surface area (Å²) in [5.41, 5.74) is 2.64. The molecule has 1 aromatic carbocycles. The van der Waals surface area contributed by atoms with Crippen molar-refractivity contribution in [2.24, 2.45) is 0 Å². The van der Waals surface area contributed by atoms with Gasteiger partial charge in [0.1, 0.15) is 0 Å². The molecular weight excluding hydrogens is 338 g/mol. The van der Waals surface area contributed by atoms with Gasteiger partial charge in [0.05, 0.1) is 10.9 Å². The maximum absolute atomic E-state index is 13.1. The summed E-state index contributed by atoms with van der Waals surface area (Å²) in [6.07, 6.45) is 0. The van der Waals surface area contributed by atoms with Crippen LogP contribution in [0, 0.1) is 20.8 Å². The van der Waals surface area contributed by atoms with E-state index in [-0.39, 0.29) is 11.9 Å². The van der Waals surface area contributed by atoms with Crippen LogP contribution in [0.15, 0.2) is 17.0 Å². The van der Waals surface area contributed by atoms with Gasteiger partial charge in [-0.25, -0.2) is 8.42 Å². The molecule has 1 aliphatic heterocycles. The first-order chi connectivity index (χ1) is 11.7. The zero-order valence-electron chi connectivity index (χ0n) is 15.8. The Kier molecular flexibility index (Phi) is 6.24. The van der Waals surface area contributed by atoms with Gasteiger partial charge in [-0.2, -0.15) is 4.31 Å². The van der Waals surface area contributed by atoms with Crippen LogP contribution in [-0.2, 0) is 14.8 Å². The van der Waals surface area contributed by atoms with Crippen LogP contribution < -0.4 is 5.32 Å². The van der Waals surface area contributed by atoms with Gasteiger partial charge in [0.2, 0.25) is 15.9 Å². The smallest absolute Gasteiger partial charge is 0.243 e. The van der Waals surface area contributed by atoms with Crippen molar-refractivity contribution < 1.29 is 13.2 Å². The molecule has 1 atom stereocenters. The molecule has 0 aromatic heterocycles. The summed E-state index contributed by atoms with van der Waals surface area (Å²) in [5.74, 6) is -0.0102. The van der Waals surface area contributed by atoms with Crippen LogP contribution in [0.3, 0.4) is 0 Å². The van der Waals surface area contributed by atoms with E-state index in [2.05, 4.69) is 5.32 Å². The number of rotatable bonds is 5. The van der Waals surface area contributed by atoms with Crippen LogP contribution in [0.5, 0.6) is 0 Å². The molecule has 0 saturated carbocycles. The number of likely N-dealkylation sites (N-methyl/N-ethyl adjacent to an activating group) is 1. The van der Waals surface area contributed by atoms with Crippen LogP contribution in [0.1, 0.15) is 30.5 Å². The Labute approximate surface area is 151 Å². The molecule has 25 heavy (non-hydrogen) atoms. The fourth-order valence-corrected chi connectivity index (χ4v) is 5.36. The molecule has 140 valence electrons. The second-order valence-electron chi connectivity index (χ2n) is 6.74. The average molecular weight is 368 g/mol. The number of piperazine rings is 1. The fraction of sp³-hybridized carbons (Fsp3) is 0.611. The topological polar surface area (TPSA) is 69.7 Å². The highest BCUT2D eigenvalue weighted by atomic mass is 32.2. The van der Waals surface area contributed by atoms with Crippen LogP contribution in [0.4, 0.5) is 0 Å². The lowest BCUT2D eigenvalue weighted by Crippen LogP contribution is -2.54. The van der Waals surface area contributed by atoms with Crippen LogP contribution >= 0.6 is 0 Å². The van der Waals surface area contributed by atoms with E-state index in [9.17, 15) is 13.2 Å². The summed E-state index contributed by atoms with van der Waals surface area (Å²) in [4.78, 5) is 14.4. The van der Waals surface area contributed by atoms with E-state index in [1.807, 2.05) is 51.7 Å². The molecule has 1 amide bonds.